The van der Waals surface area contributed by atoms with Crippen LogP contribution in [0.15, 0.2) is 66.9 Å². The number of hydrogen-bond donors (Lipinski definition) is 0. The summed E-state index contributed by atoms with van der Waals surface area (Å²) in [6, 6.07) is 19.9. The molecule has 4 rings (SSSR count). The van der Waals surface area contributed by atoms with Crippen molar-refractivity contribution in [2.75, 3.05) is 18.6 Å². The minimum absolute atomic E-state index is 0.0393. The number of aromatic nitrogens is 1. The summed E-state index contributed by atoms with van der Waals surface area (Å²) in [5, 5.41) is 0. The number of benzene rings is 2. The Morgan fingerprint density at radius 3 is 2.59 bits per heavy atom. The molecule has 0 saturated heterocycles. The summed E-state index contributed by atoms with van der Waals surface area (Å²) in [6.07, 6.45) is 1.77. The Hall–Kier alpha value is -3.18. The lowest BCUT2D eigenvalue weighted by Crippen LogP contribution is -2.32. The summed E-state index contributed by atoms with van der Waals surface area (Å²) in [4.78, 5) is 18.8. The van der Waals surface area contributed by atoms with Gasteiger partial charge in [-0.3, -0.25) is 4.79 Å². The normalized spacial score (nSPS) is 13.8. The van der Waals surface area contributed by atoms with E-state index in [2.05, 4.69) is 4.98 Å². The molecule has 0 unspecified atom stereocenters. The third-order valence-electron chi connectivity index (χ3n) is 4.62. The predicted molar refractivity (Wildman–Crippen MR) is 104 cm³/mol. The van der Waals surface area contributed by atoms with E-state index in [1.54, 1.807) is 18.2 Å². The topological polar surface area (TPSA) is 51.7 Å². The van der Waals surface area contributed by atoms with Crippen LogP contribution in [0, 0.1) is 0 Å². The third-order valence-corrected chi connectivity index (χ3v) is 4.62. The van der Waals surface area contributed by atoms with Crippen molar-refractivity contribution in [3.05, 3.63) is 78.0 Å². The van der Waals surface area contributed by atoms with Crippen LogP contribution in [0.1, 0.15) is 11.1 Å². The van der Waals surface area contributed by atoms with Crippen molar-refractivity contribution in [3.8, 4) is 17.0 Å². The Balaban J connectivity index is 1.73. The zero-order chi connectivity index (χ0) is 18.6. The van der Waals surface area contributed by atoms with Crippen molar-refractivity contribution in [1.82, 2.24) is 4.98 Å². The molecule has 0 bridgehead atoms. The molecule has 5 heteroatoms. The number of carbonyl (C=O) groups excluding carboxylic acids is 1. The molecule has 0 atom stereocenters. The number of pyridine rings is 1. The molecule has 3 aromatic rings. The van der Waals surface area contributed by atoms with Gasteiger partial charge in [0.1, 0.15) is 6.61 Å². The second-order valence-corrected chi connectivity index (χ2v) is 6.39. The number of methoxy groups -OCH3 is 1. The fraction of sp³-hybridized carbons (Fsp3) is 0.182. The maximum absolute atomic E-state index is 12.7. The molecule has 1 amide bonds. The quantitative estimate of drug-likeness (QED) is 0.710. The number of carbonyl (C=O) groups is 1. The molecule has 0 radical (unpaired) electrons. The fourth-order valence-electron chi connectivity index (χ4n) is 3.19. The Bertz CT molecular complexity index is 940. The summed E-state index contributed by atoms with van der Waals surface area (Å²) < 4.78 is 10.7. The van der Waals surface area contributed by atoms with E-state index < -0.39 is 0 Å². The summed E-state index contributed by atoms with van der Waals surface area (Å²) in [5.74, 6) is 0.533. The number of ether oxygens (including phenoxy) is 2. The largest absolute Gasteiger partial charge is 0.481 e. The van der Waals surface area contributed by atoms with Gasteiger partial charge >= 0.3 is 0 Å². The van der Waals surface area contributed by atoms with Gasteiger partial charge in [0, 0.05) is 23.4 Å². The molecule has 5 nitrogen and oxygen atoms in total. The van der Waals surface area contributed by atoms with E-state index in [4.69, 9.17) is 9.47 Å². The van der Waals surface area contributed by atoms with Crippen LogP contribution in [0.3, 0.4) is 0 Å². The Morgan fingerprint density at radius 1 is 1.04 bits per heavy atom. The molecule has 0 aliphatic carbocycles. The van der Waals surface area contributed by atoms with Gasteiger partial charge in [-0.25, -0.2) is 4.98 Å². The molecular formula is C22H20N2O3. The summed E-state index contributed by atoms with van der Waals surface area (Å²) in [7, 11) is 1.59. The van der Waals surface area contributed by atoms with E-state index in [9.17, 15) is 4.79 Å². The van der Waals surface area contributed by atoms with E-state index in [0.717, 1.165) is 27.9 Å². The molecule has 27 heavy (non-hydrogen) atoms. The van der Waals surface area contributed by atoms with Gasteiger partial charge in [0.05, 0.1) is 25.9 Å². The SMILES string of the molecule is COc1ccc(-c2ccc3c(c2)N(Cc2ccccc2)C(=O)COC3)cn1. The number of nitrogens with zero attached hydrogens (tertiary/aromatic N) is 2. The van der Waals surface area contributed by atoms with Gasteiger partial charge in [-0.2, -0.15) is 0 Å². The lowest BCUT2D eigenvalue weighted by molar-refractivity contribution is -0.123. The van der Waals surface area contributed by atoms with Crippen molar-refractivity contribution in [3.63, 3.8) is 0 Å². The lowest BCUT2D eigenvalue weighted by atomic mass is 10.0. The van der Waals surface area contributed by atoms with Gasteiger partial charge in [0.2, 0.25) is 5.88 Å². The lowest BCUT2D eigenvalue weighted by Gasteiger charge is -2.23. The maximum atomic E-state index is 12.7. The van der Waals surface area contributed by atoms with Gasteiger partial charge in [0.15, 0.2) is 0 Å². The third kappa shape index (κ3) is 3.68. The monoisotopic (exact) mass is 360 g/mol. The van der Waals surface area contributed by atoms with Crippen LogP contribution in [0.4, 0.5) is 5.69 Å². The molecule has 1 aromatic heterocycles. The minimum atomic E-state index is -0.0393. The second kappa shape index (κ2) is 7.60. The Kier molecular flexibility index (Phi) is 4.85. The van der Waals surface area contributed by atoms with Crippen LogP contribution in [-0.4, -0.2) is 24.6 Å². The van der Waals surface area contributed by atoms with Crippen molar-refractivity contribution in [2.24, 2.45) is 0 Å². The van der Waals surface area contributed by atoms with Gasteiger partial charge in [-0.15, -0.1) is 0 Å². The van der Waals surface area contributed by atoms with Crippen LogP contribution in [0.5, 0.6) is 5.88 Å². The van der Waals surface area contributed by atoms with Crippen molar-refractivity contribution in [1.29, 1.82) is 0 Å². The molecule has 1 aliphatic rings. The van der Waals surface area contributed by atoms with Gasteiger partial charge in [0.25, 0.3) is 5.91 Å². The number of rotatable bonds is 4. The molecule has 0 N–H and O–H groups in total. The molecular weight excluding hydrogens is 340 g/mol. The van der Waals surface area contributed by atoms with E-state index in [0.29, 0.717) is 19.0 Å². The first-order chi connectivity index (χ1) is 13.2. The van der Waals surface area contributed by atoms with E-state index in [1.165, 1.54) is 0 Å². The first kappa shape index (κ1) is 17.2. The van der Waals surface area contributed by atoms with Crippen molar-refractivity contribution < 1.29 is 14.3 Å². The molecule has 1 aliphatic heterocycles. The minimum Gasteiger partial charge on any atom is -0.481 e. The van der Waals surface area contributed by atoms with E-state index in [1.807, 2.05) is 60.7 Å². The average molecular weight is 360 g/mol. The highest BCUT2D eigenvalue weighted by Crippen LogP contribution is 2.31. The number of hydrogen-bond acceptors (Lipinski definition) is 4. The van der Waals surface area contributed by atoms with Crippen LogP contribution >= 0.6 is 0 Å². The van der Waals surface area contributed by atoms with Gasteiger partial charge in [-0.05, 0) is 23.3 Å². The smallest absolute Gasteiger partial charge is 0.253 e. The maximum Gasteiger partial charge on any atom is 0.253 e. The van der Waals surface area contributed by atoms with Gasteiger partial charge in [-0.1, -0.05) is 42.5 Å². The first-order valence-corrected chi connectivity index (χ1v) is 8.80. The van der Waals surface area contributed by atoms with Crippen LogP contribution in [0.25, 0.3) is 11.1 Å². The van der Waals surface area contributed by atoms with E-state index in [-0.39, 0.29) is 12.5 Å². The molecule has 2 heterocycles. The summed E-state index contributed by atoms with van der Waals surface area (Å²) in [6.45, 7) is 1.02. The standard InChI is InChI=1S/C22H20N2O3/c1-26-21-10-9-18(12-23-21)17-7-8-19-14-27-15-22(25)24(20(19)11-17)13-16-5-3-2-4-6-16/h2-12H,13-15H2,1H3. The molecule has 136 valence electrons. The van der Waals surface area contributed by atoms with Crippen LogP contribution in [-0.2, 0) is 22.7 Å². The highest BCUT2D eigenvalue weighted by atomic mass is 16.5. The zero-order valence-corrected chi connectivity index (χ0v) is 15.1. The average Bonchev–Trinajstić information content (AvgIpc) is 2.87. The van der Waals surface area contributed by atoms with Crippen molar-refractivity contribution in [2.45, 2.75) is 13.2 Å². The highest BCUT2D eigenvalue weighted by Gasteiger charge is 2.23. The second-order valence-electron chi connectivity index (χ2n) is 6.39. The summed E-state index contributed by atoms with van der Waals surface area (Å²) >= 11 is 0. The summed E-state index contributed by atoms with van der Waals surface area (Å²) in [5.41, 5.74) is 4.93. The molecule has 2 aromatic carbocycles. The fourth-order valence-corrected chi connectivity index (χ4v) is 3.19. The Morgan fingerprint density at radius 2 is 1.85 bits per heavy atom. The molecule has 0 spiro atoms. The predicted octanol–water partition coefficient (Wildman–Crippen LogP) is 3.82. The van der Waals surface area contributed by atoms with E-state index >= 15 is 0 Å². The van der Waals surface area contributed by atoms with Gasteiger partial charge < -0.3 is 14.4 Å². The number of fused-ring (bicyclic) bond motifs is 1. The number of anilines is 1. The van der Waals surface area contributed by atoms with Crippen LogP contribution in [0.2, 0.25) is 0 Å². The Labute approximate surface area is 158 Å². The van der Waals surface area contributed by atoms with Crippen LogP contribution < -0.4 is 9.64 Å². The molecule has 0 saturated carbocycles. The first-order valence-electron chi connectivity index (χ1n) is 8.80. The number of amides is 1. The molecule has 0 fully saturated rings. The highest BCUT2D eigenvalue weighted by molar-refractivity contribution is 5.96. The van der Waals surface area contributed by atoms with Crippen molar-refractivity contribution >= 4 is 11.6 Å². The zero-order valence-electron chi connectivity index (χ0n) is 15.1.